The van der Waals surface area contributed by atoms with Crippen LogP contribution in [-0.4, -0.2) is 58.3 Å². The van der Waals surface area contributed by atoms with E-state index in [4.69, 9.17) is 4.74 Å². The average molecular weight is 668 g/mol. The van der Waals surface area contributed by atoms with Crippen LogP contribution in [0.15, 0.2) is 77.7 Å². The molecule has 246 valence electrons. The molecule has 46 heavy (non-hydrogen) atoms. The minimum atomic E-state index is -4.84. The van der Waals surface area contributed by atoms with Gasteiger partial charge in [-0.25, -0.2) is 8.42 Å². The predicted molar refractivity (Wildman–Crippen MR) is 156 cm³/mol. The smallest absolute Gasteiger partial charge is 0.489 e. The summed E-state index contributed by atoms with van der Waals surface area (Å²) in [6, 6.07) is 17.9. The second-order valence-corrected chi connectivity index (χ2v) is 12.6. The van der Waals surface area contributed by atoms with Crippen LogP contribution in [0.25, 0.3) is 0 Å². The van der Waals surface area contributed by atoms with Crippen molar-refractivity contribution in [2.24, 2.45) is 0 Å². The number of benzene rings is 3. The lowest BCUT2D eigenvalue weighted by Gasteiger charge is -2.26. The van der Waals surface area contributed by atoms with Crippen LogP contribution in [0.1, 0.15) is 41.7 Å². The Morgan fingerprint density at radius 2 is 1.65 bits per heavy atom. The molecule has 3 aromatic rings. The number of rotatable bonds is 13. The fraction of sp³-hybridized carbons (Fsp3) is 0.355. The van der Waals surface area contributed by atoms with E-state index in [9.17, 15) is 40.4 Å². The van der Waals surface area contributed by atoms with Crippen LogP contribution in [0, 0.1) is 11.3 Å². The van der Waals surface area contributed by atoms with Gasteiger partial charge in [0.25, 0.3) is 5.91 Å². The fourth-order valence-electron chi connectivity index (χ4n) is 4.99. The molecule has 1 aliphatic heterocycles. The van der Waals surface area contributed by atoms with Crippen molar-refractivity contribution in [1.82, 2.24) is 5.32 Å². The molecule has 15 heteroatoms. The van der Waals surface area contributed by atoms with Gasteiger partial charge in [0, 0.05) is 17.7 Å². The van der Waals surface area contributed by atoms with Crippen molar-refractivity contribution in [3.8, 4) is 17.6 Å². The van der Waals surface area contributed by atoms with Crippen molar-refractivity contribution >= 4 is 21.4 Å². The minimum absolute atomic E-state index is 0.0657. The maximum Gasteiger partial charge on any atom is 0.573 e. The highest BCUT2D eigenvalue weighted by molar-refractivity contribution is 7.91. The van der Waals surface area contributed by atoms with E-state index in [1.807, 2.05) is 6.07 Å². The zero-order valence-electron chi connectivity index (χ0n) is 24.4. The Hall–Kier alpha value is -4.42. The lowest BCUT2D eigenvalue weighted by atomic mass is 10.0. The first kappa shape index (κ1) is 34.5. The number of alkyl halides is 5. The Balaban J connectivity index is 1.44. The molecule has 1 N–H and O–H groups in total. The molecule has 1 aliphatic rings. The van der Waals surface area contributed by atoms with Crippen LogP contribution >= 0.6 is 0 Å². The second kappa shape index (κ2) is 14.8. The molecule has 0 aromatic heterocycles. The van der Waals surface area contributed by atoms with Crippen LogP contribution in [0.4, 0.5) is 27.6 Å². The van der Waals surface area contributed by atoms with Gasteiger partial charge in [-0.2, -0.15) is 14.0 Å². The van der Waals surface area contributed by atoms with Gasteiger partial charge in [0.1, 0.15) is 17.6 Å². The van der Waals surface area contributed by atoms with Gasteiger partial charge in [-0.3, -0.25) is 4.79 Å². The topological polar surface area (TPSA) is 118 Å². The van der Waals surface area contributed by atoms with Gasteiger partial charge in [0.15, 0.2) is 9.84 Å². The molecule has 1 fully saturated rings. The summed E-state index contributed by atoms with van der Waals surface area (Å²) >= 11 is 0. The number of nitrogens with one attached hydrogen (secondary N) is 1. The van der Waals surface area contributed by atoms with Crippen LogP contribution in [0.3, 0.4) is 0 Å². The summed E-state index contributed by atoms with van der Waals surface area (Å²) in [6.45, 7) is -1.56. The van der Waals surface area contributed by atoms with Crippen molar-refractivity contribution in [3.63, 3.8) is 0 Å². The fourth-order valence-corrected chi connectivity index (χ4v) is 5.88. The van der Waals surface area contributed by atoms with E-state index in [0.717, 1.165) is 12.1 Å². The van der Waals surface area contributed by atoms with Gasteiger partial charge in [0.05, 0.1) is 48.4 Å². The van der Waals surface area contributed by atoms with E-state index in [0.29, 0.717) is 11.3 Å². The zero-order valence-corrected chi connectivity index (χ0v) is 25.2. The second-order valence-electron chi connectivity index (χ2n) is 10.3. The number of sulfone groups is 1. The lowest BCUT2D eigenvalue weighted by molar-refractivity contribution is -0.274. The van der Waals surface area contributed by atoms with E-state index in [1.54, 1.807) is 29.2 Å². The summed E-state index contributed by atoms with van der Waals surface area (Å²) in [4.78, 5) is 15.0. The Kier molecular flexibility index (Phi) is 11.1. The van der Waals surface area contributed by atoms with Crippen LogP contribution in [-0.2, 0) is 14.6 Å². The number of hydrogen-bond donors (Lipinski definition) is 1. The van der Waals surface area contributed by atoms with Gasteiger partial charge in [-0.15, -0.1) is 13.2 Å². The van der Waals surface area contributed by atoms with Crippen molar-refractivity contribution in [2.45, 2.75) is 55.8 Å². The van der Waals surface area contributed by atoms with Gasteiger partial charge in [0.2, 0.25) is 0 Å². The standard InChI is InChI=1S/C31H30F5N3O6S/c1-2-46(41,42)27-13-5-20(6-14-27)28(15-16-37)38-29(40)21-3-7-22(8-4-21)39-18-26(17-23(39)19-43-30(32)33)44-24-9-11-25(12-10-24)45-31(34,35)36/h3-14,23,26,28,30H,2,15,17-19H2,1H3,(H,38,40)/t23-,26+,28-/m0/s1. The molecule has 1 saturated heterocycles. The maximum atomic E-state index is 13.1. The molecule has 3 atom stereocenters. The molecule has 0 spiro atoms. The number of anilines is 1. The molecular formula is C31H30F5N3O6S. The zero-order chi connectivity index (χ0) is 33.5. The van der Waals surface area contributed by atoms with Crippen molar-refractivity contribution in [3.05, 3.63) is 83.9 Å². The number of amides is 1. The molecule has 4 rings (SSSR count). The molecule has 9 nitrogen and oxygen atoms in total. The summed E-state index contributed by atoms with van der Waals surface area (Å²) in [5.74, 6) is -0.714. The third-order valence-electron chi connectivity index (χ3n) is 7.23. The van der Waals surface area contributed by atoms with Crippen molar-refractivity contribution in [1.29, 1.82) is 5.26 Å². The lowest BCUT2D eigenvalue weighted by Crippen LogP contribution is -2.34. The molecule has 0 bridgehead atoms. The highest BCUT2D eigenvalue weighted by atomic mass is 32.2. The number of nitrogens with zero attached hydrogens (tertiary/aromatic N) is 2. The van der Waals surface area contributed by atoms with Gasteiger partial charge < -0.3 is 24.4 Å². The number of halogens is 5. The summed E-state index contributed by atoms with van der Waals surface area (Å²) in [5, 5.41) is 12.1. The maximum absolute atomic E-state index is 13.1. The molecule has 0 radical (unpaired) electrons. The molecule has 0 aliphatic carbocycles. The van der Waals surface area contributed by atoms with Crippen LogP contribution < -0.4 is 19.7 Å². The van der Waals surface area contributed by atoms with E-state index in [-0.39, 0.29) is 48.0 Å². The summed E-state index contributed by atoms with van der Waals surface area (Å²) in [6.07, 6.45) is -5.16. The van der Waals surface area contributed by atoms with Gasteiger partial charge in [-0.05, 0) is 66.2 Å². The monoisotopic (exact) mass is 667 g/mol. The van der Waals surface area contributed by atoms with E-state index in [2.05, 4.69) is 14.8 Å². The highest BCUT2D eigenvalue weighted by Crippen LogP contribution is 2.31. The molecular weight excluding hydrogens is 637 g/mol. The predicted octanol–water partition coefficient (Wildman–Crippen LogP) is 6.03. The molecule has 1 heterocycles. The Morgan fingerprint density at radius 1 is 1.02 bits per heavy atom. The SMILES string of the molecule is CCS(=O)(=O)c1ccc([C@H](CC#N)NC(=O)c2ccc(N3C[C@H](Oc4ccc(OC(F)(F)F)cc4)C[C@H]3COC(F)F)cc2)cc1. The third kappa shape index (κ3) is 9.30. The first-order valence-corrected chi connectivity index (χ1v) is 15.7. The Morgan fingerprint density at radius 3 is 2.22 bits per heavy atom. The minimum Gasteiger partial charge on any atom is -0.489 e. The summed E-state index contributed by atoms with van der Waals surface area (Å²) < 4.78 is 102. The Labute approximate surface area is 262 Å². The van der Waals surface area contributed by atoms with Gasteiger partial charge in [-0.1, -0.05) is 19.1 Å². The number of ether oxygens (including phenoxy) is 3. The molecule has 0 saturated carbocycles. The summed E-state index contributed by atoms with van der Waals surface area (Å²) in [5.41, 5.74) is 1.39. The van der Waals surface area contributed by atoms with Crippen LogP contribution in [0.2, 0.25) is 0 Å². The van der Waals surface area contributed by atoms with Crippen molar-refractivity contribution in [2.75, 3.05) is 23.8 Å². The number of carbonyl (C=O) groups excluding carboxylic acids is 1. The summed E-state index contributed by atoms with van der Waals surface area (Å²) in [7, 11) is -3.42. The number of hydrogen-bond acceptors (Lipinski definition) is 8. The molecule has 3 aromatic carbocycles. The molecule has 1 amide bonds. The first-order chi connectivity index (χ1) is 21.8. The van der Waals surface area contributed by atoms with E-state index >= 15 is 0 Å². The Bertz CT molecular complexity index is 1610. The third-order valence-corrected chi connectivity index (χ3v) is 8.98. The van der Waals surface area contributed by atoms with E-state index in [1.165, 1.54) is 43.3 Å². The molecule has 0 unspecified atom stereocenters. The number of carbonyl (C=O) groups is 1. The largest absolute Gasteiger partial charge is 0.573 e. The highest BCUT2D eigenvalue weighted by Gasteiger charge is 2.35. The van der Waals surface area contributed by atoms with E-state index < -0.39 is 52.7 Å². The normalized spacial score (nSPS) is 17.4. The van der Waals surface area contributed by atoms with Crippen LogP contribution in [0.5, 0.6) is 11.5 Å². The van der Waals surface area contributed by atoms with Gasteiger partial charge >= 0.3 is 13.0 Å². The number of nitriles is 1. The van der Waals surface area contributed by atoms with Crippen molar-refractivity contribution < 1.29 is 49.4 Å². The first-order valence-electron chi connectivity index (χ1n) is 14.1. The quantitative estimate of drug-likeness (QED) is 0.220. The average Bonchev–Trinajstić information content (AvgIpc) is 3.42.